The standard InChI is InChI=1S/C20H21Cl2N3O4S.CH4O/c21-16-7-6-15(11-17(16)22)30(27,28)25-8-9-29-20-18(25)10-13(12-23-20)19(26)24-14-4-2-1-3-5-14;1-2/h6-7,10-12,14H,1-5,8-9H2,(H,24,26);2H,1H3. The maximum absolute atomic E-state index is 13.3. The first-order chi connectivity index (χ1) is 15.4. The van der Waals surface area contributed by atoms with Crippen LogP contribution in [0.1, 0.15) is 42.5 Å². The van der Waals surface area contributed by atoms with Gasteiger partial charge in [-0.3, -0.25) is 9.10 Å². The number of hydrogen-bond donors (Lipinski definition) is 2. The Kier molecular flexibility index (Phi) is 8.21. The molecule has 1 aromatic heterocycles. The van der Waals surface area contributed by atoms with Gasteiger partial charge in [0, 0.05) is 19.3 Å². The molecule has 2 N–H and O–H groups in total. The zero-order chi connectivity index (χ0) is 23.3. The van der Waals surface area contributed by atoms with Gasteiger partial charge in [-0.1, -0.05) is 42.5 Å². The Morgan fingerprint density at radius 1 is 1.16 bits per heavy atom. The smallest absolute Gasteiger partial charge is 0.264 e. The molecule has 1 saturated carbocycles. The monoisotopic (exact) mass is 501 g/mol. The molecule has 8 nitrogen and oxygen atoms in total. The van der Waals surface area contributed by atoms with Gasteiger partial charge in [-0.05, 0) is 37.1 Å². The van der Waals surface area contributed by atoms with Crippen molar-refractivity contribution in [1.29, 1.82) is 0 Å². The third-order valence-electron chi connectivity index (χ3n) is 5.32. The molecule has 32 heavy (non-hydrogen) atoms. The molecular formula is C21H25Cl2N3O5S. The van der Waals surface area contributed by atoms with Gasteiger partial charge in [0.05, 0.1) is 27.0 Å². The Bertz CT molecular complexity index is 1080. The minimum atomic E-state index is -3.95. The van der Waals surface area contributed by atoms with Crippen molar-refractivity contribution in [2.45, 2.75) is 43.0 Å². The lowest BCUT2D eigenvalue weighted by Crippen LogP contribution is -2.39. The predicted octanol–water partition coefficient (Wildman–Crippen LogP) is 3.65. The van der Waals surface area contributed by atoms with E-state index in [-0.39, 0.29) is 51.6 Å². The number of halogens is 2. The molecule has 0 saturated heterocycles. The first-order valence-electron chi connectivity index (χ1n) is 10.2. The third-order valence-corrected chi connectivity index (χ3v) is 7.86. The van der Waals surface area contributed by atoms with E-state index < -0.39 is 10.0 Å². The quantitative estimate of drug-likeness (QED) is 0.661. The molecule has 0 unspecified atom stereocenters. The maximum Gasteiger partial charge on any atom is 0.264 e. The number of sulfonamides is 1. The van der Waals surface area contributed by atoms with Crippen LogP contribution in [-0.4, -0.2) is 50.7 Å². The Labute approximate surface area is 197 Å². The molecule has 0 radical (unpaired) electrons. The van der Waals surface area contributed by atoms with Gasteiger partial charge in [-0.2, -0.15) is 0 Å². The van der Waals surface area contributed by atoms with Crippen LogP contribution in [0.15, 0.2) is 35.4 Å². The van der Waals surface area contributed by atoms with Gasteiger partial charge in [0.1, 0.15) is 12.3 Å². The van der Waals surface area contributed by atoms with E-state index >= 15 is 0 Å². The SMILES string of the molecule is CO.O=C(NC1CCCCC1)c1cnc2c(c1)N(S(=O)(=O)c1ccc(Cl)c(Cl)c1)CCO2. The minimum Gasteiger partial charge on any atom is -0.474 e. The summed E-state index contributed by atoms with van der Waals surface area (Å²) in [5, 5.41) is 10.4. The van der Waals surface area contributed by atoms with Crippen LogP contribution in [0, 0.1) is 0 Å². The van der Waals surface area contributed by atoms with E-state index in [0.29, 0.717) is 5.56 Å². The average molecular weight is 502 g/mol. The molecule has 11 heteroatoms. The summed E-state index contributed by atoms with van der Waals surface area (Å²) in [4.78, 5) is 16.9. The molecule has 2 aromatic rings. The zero-order valence-electron chi connectivity index (χ0n) is 17.6. The van der Waals surface area contributed by atoms with Gasteiger partial charge in [-0.25, -0.2) is 13.4 Å². The molecule has 0 bridgehead atoms. The number of carbonyl (C=O) groups is 1. The highest BCUT2D eigenvalue weighted by Crippen LogP contribution is 2.35. The van der Waals surface area contributed by atoms with Crippen molar-refractivity contribution in [2.75, 3.05) is 24.6 Å². The van der Waals surface area contributed by atoms with Crippen molar-refractivity contribution in [3.63, 3.8) is 0 Å². The number of rotatable bonds is 4. The first-order valence-corrected chi connectivity index (χ1v) is 12.4. The predicted molar refractivity (Wildman–Crippen MR) is 123 cm³/mol. The van der Waals surface area contributed by atoms with E-state index in [0.717, 1.165) is 32.8 Å². The van der Waals surface area contributed by atoms with Crippen LogP contribution < -0.4 is 14.4 Å². The van der Waals surface area contributed by atoms with Crippen molar-refractivity contribution in [2.24, 2.45) is 0 Å². The molecule has 1 amide bonds. The summed E-state index contributed by atoms with van der Waals surface area (Å²) in [6, 6.07) is 5.78. The van der Waals surface area contributed by atoms with Gasteiger partial charge < -0.3 is 15.2 Å². The van der Waals surface area contributed by atoms with Gasteiger partial charge in [0.25, 0.3) is 15.9 Å². The minimum absolute atomic E-state index is 0.00168. The molecule has 4 rings (SSSR count). The second-order valence-electron chi connectivity index (χ2n) is 7.36. The molecule has 1 aliphatic heterocycles. The summed E-state index contributed by atoms with van der Waals surface area (Å²) in [5.74, 6) is -0.103. The van der Waals surface area contributed by atoms with E-state index in [2.05, 4.69) is 10.3 Å². The number of carbonyl (C=O) groups excluding carboxylic acids is 1. The maximum atomic E-state index is 13.3. The summed E-state index contributed by atoms with van der Waals surface area (Å²) in [6.07, 6.45) is 6.68. The normalized spacial score (nSPS) is 16.3. The summed E-state index contributed by atoms with van der Waals surface area (Å²) < 4.78 is 33.2. The Morgan fingerprint density at radius 3 is 2.56 bits per heavy atom. The number of aromatic nitrogens is 1. The van der Waals surface area contributed by atoms with Crippen molar-refractivity contribution < 1.29 is 23.1 Å². The fourth-order valence-corrected chi connectivity index (χ4v) is 5.56. The largest absolute Gasteiger partial charge is 0.474 e. The molecule has 2 aliphatic rings. The van der Waals surface area contributed by atoms with Crippen LogP contribution in [0.4, 0.5) is 5.69 Å². The molecule has 0 atom stereocenters. The summed E-state index contributed by atoms with van der Waals surface area (Å²) >= 11 is 11.9. The number of pyridine rings is 1. The number of anilines is 1. The van der Waals surface area contributed by atoms with Crippen molar-refractivity contribution in [3.05, 3.63) is 46.1 Å². The van der Waals surface area contributed by atoms with E-state index in [1.54, 1.807) is 0 Å². The number of amides is 1. The Hall–Kier alpha value is -2.07. The van der Waals surface area contributed by atoms with Crippen LogP contribution >= 0.6 is 23.2 Å². The van der Waals surface area contributed by atoms with Crippen LogP contribution in [0.3, 0.4) is 0 Å². The number of benzene rings is 1. The first kappa shape index (κ1) is 24.6. The summed E-state index contributed by atoms with van der Waals surface area (Å²) in [7, 11) is -2.95. The van der Waals surface area contributed by atoms with E-state index in [1.807, 2.05) is 0 Å². The van der Waals surface area contributed by atoms with Gasteiger partial charge in [-0.15, -0.1) is 0 Å². The molecule has 1 aliphatic carbocycles. The fraction of sp³-hybridized carbons (Fsp3) is 0.429. The third kappa shape index (κ3) is 5.28. The number of fused-ring (bicyclic) bond motifs is 1. The molecular weight excluding hydrogens is 477 g/mol. The number of hydrogen-bond acceptors (Lipinski definition) is 6. The zero-order valence-corrected chi connectivity index (χ0v) is 19.9. The molecule has 1 fully saturated rings. The van der Waals surface area contributed by atoms with Crippen LogP contribution in [-0.2, 0) is 10.0 Å². The van der Waals surface area contributed by atoms with Crippen molar-refractivity contribution in [1.82, 2.24) is 10.3 Å². The Balaban J connectivity index is 0.00000141. The highest BCUT2D eigenvalue weighted by atomic mass is 35.5. The average Bonchev–Trinajstić information content (AvgIpc) is 2.82. The number of nitrogens with zero attached hydrogens (tertiary/aromatic N) is 2. The van der Waals surface area contributed by atoms with Crippen molar-refractivity contribution >= 4 is 44.8 Å². The highest BCUT2D eigenvalue weighted by Gasteiger charge is 2.32. The van der Waals surface area contributed by atoms with E-state index in [1.165, 1.54) is 41.2 Å². The van der Waals surface area contributed by atoms with Crippen molar-refractivity contribution in [3.8, 4) is 5.88 Å². The van der Waals surface area contributed by atoms with Gasteiger partial charge in [0.2, 0.25) is 5.88 Å². The van der Waals surface area contributed by atoms with Crippen LogP contribution in [0.25, 0.3) is 0 Å². The summed E-state index contributed by atoms with van der Waals surface area (Å²) in [5.41, 5.74) is 0.516. The molecule has 1 aromatic carbocycles. The summed E-state index contributed by atoms with van der Waals surface area (Å²) in [6.45, 7) is 0.235. The second kappa shape index (κ2) is 10.7. The molecule has 2 heterocycles. The Morgan fingerprint density at radius 2 is 1.88 bits per heavy atom. The van der Waals surface area contributed by atoms with E-state index in [4.69, 9.17) is 33.0 Å². The lowest BCUT2D eigenvalue weighted by Gasteiger charge is -2.30. The molecule has 174 valence electrons. The number of aliphatic hydroxyl groups excluding tert-OH is 1. The van der Waals surface area contributed by atoms with Gasteiger partial charge in [0.15, 0.2) is 0 Å². The number of nitrogens with one attached hydrogen (secondary N) is 1. The topological polar surface area (TPSA) is 109 Å². The van der Waals surface area contributed by atoms with E-state index in [9.17, 15) is 13.2 Å². The highest BCUT2D eigenvalue weighted by molar-refractivity contribution is 7.92. The number of aliphatic hydroxyl groups is 1. The lowest BCUT2D eigenvalue weighted by atomic mass is 9.95. The molecule has 0 spiro atoms. The second-order valence-corrected chi connectivity index (χ2v) is 10.0. The fourth-order valence-electron chi connectivity index (χ4n) is 3.73. The lowest BCUT2D eigenvalue weighted by molar-refractivity contribution is 0.0927. The number of ether oxygens (including phenoxy) is 1. The van der Waals surface area contributed by atoms with Gasteiger partial charge >= 0.3 is 0 Å². The van der Waals surface area contributed by atoms with Crippen LogP contribution in [0.5, 0.6) is 5.88 Å². The van der Waals surface area contributed by atoms with Crippen LogP contribution in [0.2, 0.25) is 10.0 Å².